The summed E-state index contributed by atoms with van der Waals surface area (Å²) >= 11 is 0. The smallest absolute Gasteiger partial charge is 0.247 e. The molecular formula is C19H21N3O. The predicted octanol–water partition coefficient (Wildman–Crippen LogP) is 4.39. The van der Waals surface area contributed by atoms with Gasteiger partial charge in [0, 0.05) is 11.3 Å². The topological polar surface area (TPSA) is 54.9 Å². The number of unbranched alkanes of at least 4 members (excludes halogenated alkanes) is 1. The number of aryl methyl sites for hydroxylation is 1. The average Bonchev–Trinajstić information content (AvgIpc) is 2.57. The van der Waals surface area contributed by atoms with Gasteiger partial charge in [0.05, 0.1) is 23.3 Å². The van der Waals surface area contributed by atoms with Crippen molar-refractivity contribution in [3.05, 3.63) is 60.6 Å². The molecule has 0 aliphatic heterocycles. The first kappa shape index (κ1) is 16.6. The second kappa shape index (κ2) is 8.03. The van der Waals surface area contributed by atoms with Gasteiger partial charge in [-0.05, 0) is 37.6 Å². The summed E-state index contributed by atoms with van der Waals surface area (Å²) in [5.41, 5.74) is 4.16. The van der Waals surface area contributed by atoms with E-state index in [4.69, 9.17) is 0 Å². The zero-order valence-corrected chi connectivity index (χ0v) is 13.5. The number of anilines is 1. The Morgan fingerprint density at radius 2 is 2.22 bits per heavy atom. The van der Waals surface area contributed by atoms with Crippen molar-refractivity contribution in [2.75, 3.05) is 5.32 Å². The highest BCUT2D eigenvalue weighted by Crippen LogP contribution is 2.21. The quantitative estimate of drug-likeness (QED) is 0.805. The Labute approximate surface area is 137 Å². The van der Waals surface area contributed by atoms with Crippen molar-refractivity contribution < 1.29 is 4.79 Å². The second-order valence-electron chi connectivity index (χ2n) is 5.19. The third-order valence-corrected chi connectivity index (χ3v) is 3.33. The fourth-order valence-corrected chi connectivity index (χ4v) is 2.07. The molecule has 118 valence electrons. The zero-order valence-electron chi connectivity index (χ0n) is 13.5. The molecule has 0 saturated carbocycles. The normalized spacial score (nSPS) is 10.7. The van der Waals surface area contributed by atoms with E-state index in [0.717, 1.165) is 35.5 Å². The van der Waals surface area contributed by atoms with Gasteiger partial charge >= 0.3 is 0 Å². The SMILES string of the molecule is C=CC(=O)Nc1cccc(-c2cnc(C)c(/C=C\CCC)n2)c1. The van der Waals surface area contributed by atoms with E-state index in [1.807, 2.05) is 37.3 Å². The molecule has 0 aliphatic carbocycles. The van der Waals surface area contributed by atoms with Crippen molar-refractivity contribution in [2.45, 2.75) is 26.7 Å². The van der Waals surface area contributed by atoms with Crippen molar-refractivity contribution in [1.29, 1.82) is 0 Å². The van der Waals surface area contributed by atoms with Crippen molar-refractivity contribution >= 4 is 17.7 Å². The van der Waals surface area contributed by atoms with Gasteiger partial charge in [-0.15, -0.1) is 0 Å². The van der Waals surface area contributed by atoms with Gasteiger partial charge in [0.1, 0.15) is 0 Å². The van der Waals surface area contributed by atoms with Crippen molar-refractivity contribution in [2.24, 2.45) is 0 Å². The van der Waals surface area contributed by atoms with Gasteiger partial charge in [0.15, 0.2) is 0 Å². The molecule has 0 spiro atoms. The molecule has 0 radical (unpaired) electrons. The number of hydrogen-bond donors (Lipinski definition) is 1. The van der Waals surface area contributed by atoms with Gasteiger partial charge in [-0.2, -0.15) is 0 Å². The first-order valence-corrected chi connectivity index (χ1v) is 7.68. The Kier molecular flexibility index (Phi) is 5.80. The summed E-state index contributed by atoms with van der Waals surface area (Å²) in [5, 5.41) is 2.75. The van der Waals surface area contributed by atoms with E-state index < -0.39 is 0 Å². The van der Waals surface area contributed by atoms with Gasteiger partial charge in [-0.3, -0.25) is 9.78 Å². The Morgan fingerprint density at radius 1 is 1.39 bits per heavy atom. The molecule has 0 fully saturated rings. The van der Waals surface area contributed by atoms with Crippen molar-refractivity contribution in [3.63, 3.8) is 0 Å². The van der Waals surface area contributed by atoms with Gasteiger partial charge in [-0.1, -0.05) is 38.1 Å². The lowest BCUT2D eigenvalue weighted by atomic mass is 10.1. The van der Waals surface area contributed by atoms with Crippen LogP contribution in [0.4, 0.5) is 5.69 Å². The largest absolute Gasteiger partial charge is 0.323 e. The van der Waals surface area contributed by atoms with Gasteiger partial charge < -0.3 is 5.32 Å². The highest BCUT2D eigenvalue weighted by atomic mass is 16.1. The number of nitrogens with zero attached hydrogens (tertiary/aromatic N) is 2. The van der Waals surface area contributed by atoms with Crippen LogP contribution in [-0.2, 0) is 4.79 Å². The van der Waals surface area contributed by atoms with E-state index in [0.29, 0.717) is 5.69 Å². The molecule has 2 rings (SSSR count). The Bertz CT molecular complexity index is 735. The lowest BCUT2D eigenvalue weighted by Crippen LogP contribution is -2.07. The van der Waals surface area contributed by atoms with Crippen LogP contribution >= 0.6 is 0 Å². The highest BCUT2D eigenvalue weighted by molar-refractivity contribution is 5.99. The van der Waals surface area contributed by atoms with Crippen LogP contribution in [0.1, 0.15) is 31.2 Å². The fourth-order valence-electron chi connectivity index (χ4n) is 2.07. The van der Waals surface area contributed by atoms with Gasteiger partial charge in [0.2, 0.25) is 5.91 Å². The average molecular weight is 307 g/mol. The standard InChI is InChI=1S/C19H21N3O/c1-4-6-7-11-17-14(3)20-13-18(22-17)15-9-8-10-16(12-15)21-19(23)5-2/h5,7-13H,2,4,6H2,1,3H3,(H,21,23)/b11-7-. The van der Waals surface area contributed by atoms with Crippen LogP contribution in [-0.4, -0.2) is 15.9 Å². The maximum absolute atomic E-state index is 11.4. The highest BCUT2D eigenvalue weighted by Gasteiger charge is 2.05. The summed E-state index contributed by atoms with van der Waals surface area (Å²) in [7, 11) is 0. The van der Waals surface area contributed by atoms with E-state index in [1.54, 1.807) is 6.20 Å². The number of rotatable bonds is 6. The summed E-state index contributed by atoms with van der Waals surface area (Å²) in [6, 6.07) is 7.53. The molecular weight excluding hydrogens is 286 g/mol. The van der Waals surface area contributed by atoms with E-state index in [9.17, 15) is 4.79 Å². The summed E-state index contributed by atoms with van der Waals surface area (Å²) in [6.07, 6.45) is 9.25. The van der Waals surface area contributed by atoms with Crippen molar-refractivity contribution in [1.82, 2.24) is 9.97 Å². The number of carbonyl (C=O) groups is 1. The lowest BCUT2D eigenvalue weighted by molar-refractivity contribution is -0.111. The maximum Gasteiger partial charge on any atom is 0.247 e. The first-order valence-electron chi connectivity index (χ1n) is 7.68. The summed E-state index contributed by atoms with van der Waals surface area (Å²) in [6.45, 7) is 7.54. The van der Waals surface area contributed by atoms with Crippen LogP contribution in [0.25, 0.3) is 17.3 Å². The summed E-state index contributed by atoms with van der Waals surface area (Å²) < 4.78 is 0. The van der Waals surface area contributed by atoms with Crippen LogP contribution in [0.2, 0.25) is 0 Å². The zero-order chi connectivity index (χ0) is 16.7. The maximum atomic E-state index is 11.4. The number of allylic oxidation sites excluding steroid dienone is 1. The summed E-state index contributed by atoms with van der Waals surface area (Å²) in [4.78, 5) is 20.5. The monoisotopic (exact) mass is 307 g/mol. The minimum Gasteiger partial charge on any atom is -0.323 e. The molecule has 4 heteroatoms. The first-order chi connectivity index (χ1) is 11.1. The van der Waals surface area contributed by atoms with Crippen LogP contribution in [0.3, 0.4) is 0 Å². The number of aromatic nitrogens is 2. The Balaban J connectivity index is 2.31. The minimum atomic E-state index is -0.236. The number of benzene rings is 1. The second-order valence-corrected chi connectivity index (χ2v) is 5.19. The molecule has 1 N–H and O–H groups in total. The molecule has 1 aromatic heterocycles. The van der Waals surface area contributed by atoms with E-state index in [1.165, 1.54) is 6.08 Å². The Morgan fingerprint density at radius 3 is 2.96 bits per heavy atom. The molecule has 2 aromatic rings. The number of hydrogen-bond acceptors (Lipinski definition) is 3. The van der Waals surface area contributed by atoms with Crippen LogP contribution in [0, 0.1) is 6.92 Å². The van der Waals surface area contributed by atoms with Crippen LogP contribution in [0.15, 0.2) is 49.2 Å². The molecule has 0 saturated heterocycles. The molecule has 1 heterocycles. The van der Waals surface area contributed by atoms with Crippen LogP contribution < -0.4 is 5.32 Å². The lowest BCUT2D eigenvalue weighted by Gasteiger charge is -2.07. The van der Waals surface area contributed by atoms with Gasteiger partial charge in [-0.25, -0.2) is 4.98 Å². The Hall–Kier alpha value is -2.75. The number of nitrogens with one attached hydrogen (secondary N) is 1. The number of amides is 1. The van der Waals surface area contributed by atoms with E-state index in [2.05, 4.69) is 34.9 Å². The number of carbonyl (C=O) groups excluding carboxylic acids is 1. The third-order valence-electron chi connectivity index (χ3n) is 3.33. The van der Waals surface area contributed by atoms with Gasteiger partial charge in [0.25, 0.3) is 0 Å². The molecule has 0 unspecified atom stereocenters. The molecule has 1 amide bonds. The molecule has 0 atom stereocenters. The molecule has 23 heavy (non-hydrogen) atoms. The molecule has 0 bridgehead atoms. The summed E-state index contributed by atoms with van der Waals surface area (Å²) in [5.74, 6) is -0.236. The fraction of sp³-hybridized carbons (Fsp3) is 0.211. The third kappa shape index (κ3) is 4.61. The van der Waals surface area contributed by atoms with Crippen molar-refractivity contribution in [3.8, 4) is 11.3 Å². The molecule has 0 aliphatic rings. The predicted molar refractivity (Wildman–Crippen MR) is 95.0 cm³/mol. The van der Waals surface area contributed by atoms with Crippen LogP contribution in [0.5, 0.6) is 0 Å². The molecule has 4 nitrogen and oxygen atoms in total. The minimum absolute atomic E-state index is 0.236. The van der Waals surface area contributed by atoms with E-state index in [-0.39, 0.29) is 5.91 Å². The van der Waals surface area contributed by atoms with E-state index >= 15 is 0 Å². The molecule has 1 aromatic carbocycles.